The van der Waals surface area contributed by atoms with Gasteiger partial charge in [0.1, 0.15) is 11.2 Å². The Bertz CT molecular complexity index is 374. The molecule has 0 aliphatic carbocycles. The van der Waals surface area contributed by atoms with Gasteiger partial charge in [-0.1, -0.05) is 0 Å². The SMILES string of the molecule is CC(C)(C(=O)Nc1ccc(O)cc1)C(F)F. The largest absolute Gasteiger partial charge is 0.508 e. The molecule has 0 spiro atoms. The Balaban J connectivity index is 2.75. The quantitative estimate of drug-likeness (QED) is 0.783. The lowest BCUT2D eigenvalue weighted by Gasteiger charge is -2.22. The van der Waals surface area contributed by atoms with Crippen LogP contribution in [-0.4, -0.2) is 17.4 Å². The second-order valence-corrected chi connectivity index (χ2v) is 4.02. The van der Waals surface area contributed by atoms with Crippen LogP contribution in [-0.2, 0) is 4.79 Å². The first-order chi connectivity index (χ1) is 7.34. The van der Waals surface area contributed by atoms with E-state index in [0.717, 1.165) is 0 Å². The van der Waals surface area contributed by atoms with Gasteiger partial charge in [0, 0.05) is 5.69 Å². The molecule has 5 heteroatoms. The minimum Gasteiger partial charge on any atom is -0.508 e. The summed E-state index contributed by atoms with van der Waals surface area (Å²) in [6, 6.07) is 5.61. The van der Waals surface area contributed by atoms with Crippen LogP contribution in [0.3, 0.4) is 0 Å². The number of rotatable bonds is 3. The topological polar surface area (TPSA) is 49.3 Å². The van der Waals surface area contributed by atoms with Gasteiger partial charge in [-0.2, -0.15) is 0 Å². The molecule has 1 aromatic rings. The summed E-state index contributed by atoms with van der Waals surface area (Å²) in [5.74, 6) is -0.709. The van der Waals surface area contributed by atoms with Gasteiger partial charge in [0.25, 0.3) is 6.43 Å². The van der Waals surface area contributed by atoms with Crippen molar-refractivity contribution in [2.45, 2.75) is 20.3 Å². The molecular formula is C11H13F2NO2. The number of alkyl halides is 2. The number of phenols is 1. The number of hydrogen-bond donors (Lipinski definition) is 2. The summed E-state index contributed by atoms with van der Waals surface area (Å²) < 4.78 is 25.1. The molecule has 88 valence electrons. The summed E-state index contributed by atoms with van der Waals surface area (Å²) in [4.78, 5) is 11.5. The van der Waals surface area contributed by atoms with E-state index in [-0.39, 0.29) is 5.75 Å². The van der Waals surface area contributed by atoms with Crippen molar-refractivity contribution in [3.8, 4) is 5.75 Å². The summed E-state index contributed by atoms with van der Waals surface area (Å²) in [5, 5.41) is 11.4. The van der Waals surface area contributed by atoms with Gasteiger partial charge in [0.2, 0.25) is 5.91 Å². The second kappa shape index (κ2) is 4.47. The smallest absolute Gasteiger partial charge is 0.252 e. The van der Waals surface area contributed by atoms with Gasteiger partial charge in [0.15, 0.2) is 0 Å². The lowest BCUT2D eigenvalue weighted by Crippen LogP contribution is -2.36. The maximum atomic E-state index is 12.5. The fourth-order valence-electron chi connectivity index (χ4n) is 0.936. The highest BCUT2D eigenvalue weighted by Crippen LogP contribution is 2.26. The first-order valence-electron chi connectivity index (χ1n) is 4.72. The number of benzene rings is 1. The van der Waals surface area contributed by atoms with Crippen molar-refractivity contribution in [1.82, 2.24) is 0 Å². The Hall–Kier alpha value is -1.65. The van der Waals surface area contributed by atoms with Crippen LogP contribution in [0.25, 0.3) is 0 Å². The van der Waals surface area contributed by atoms with E-state index in [9.17, 15) is 13.6 Å². The maximum absolute atomic E-state index is 12.5. The van der Waals surface area contributed by atoms with Crippen LogP contribution in [0.4, 0.5) is 14.5 Å². The van der Waals surface area contributed by atoms with Crippen molar-refractivity contribution < 1.29 is 18.7 Å². The molecule has 1 amide bonds. The Morgan fingerprint density at radius 2 is 1.81 bits per heavy atom. The average molecular weight is 229 g/mol. The number of aromatic hydroxyl groups is 1. The van der Waals surface area contributed by atoms with Crippen LogP contribution in [0.2, 0.25) is 0 Å². The zero-order chi connectivity index (χ0) is 12.3. The third kappa shape index (κ3) is 2.68. The molecular weight excluding hydrogens is 216 g/mol. The minimum absolute atomic E-state index is 0.0473. The van der Waals surface area contributed by atoms with E-state index in [1.54, 1.807) is 0 Å². The van der Waals surface area contributed by atoms with Crippen LogP contribution < -0.4 is 5.32 Å². The minimum atomic E-state index is -2.73. The molecule has 0 bridgehead atoms. The number of amides is 1. The normalized spacial score (nSPS) is 11.6. The molecule has 0 aliphatic heterocycles. The van der Waals surface area contributed by atoms with Crippen molar-refractivity contribution in [2.24, 2.45) is 5.41 Å². The van der Waals surface area contributed by atoms with Crippen molar-refractivity contribution in [2.75, 3.05) is 5.32 Å². The molecule has 0 unspecified atom stereocenters. The highest BCUT2D eigenvalue weighted by Gasteiger charge is 2.37. The standard InChI is InChI=1S/C11H13F2NO2/c1-11(2,9(12)13)10(16)14-7-3-5-8(15)6-4-7/h3-6,9,15H,1-2H3,(H,14,16). The Morgan fingerprint density at radius 1 is 1.31 bits per heavy atom. The summed E-state index contributed by atoms with van der Waals surface area (Å²) >= 11 is 0. The molecule has 3 nitrogen and oxygen atoms in total. The Labute approximate surface area is 92.1 Å². The van der Waals surface area contributed by atoms with Crippen molar-refractivity contribution >= 4 is 11.6 Å². The molecule has 0 aliphatic rings. The van der Waals surface area contributed by atoms with Gasteiger partial charge >= 0.3 is 0 Å². The molecule has 0 saturated carbocycles. The van der Waals surface area contributed by atoms with Crippen LogP contribution in [0.1, 0.15) is 13.8 Å². The number of anilines is 1. The van der Waals surface area contributed by atoms with E-state index in [1.165, 1.54) is 38.1 Å². The van der Waals surface area contributed by atoms with Gasteiger partial charge in [-0.3, -0.25) is 4.79 Å². The molecule has 0 aromatic heterocycles. The van der Waals surface area contributed by atoms with Crippen LogP contribution in [0.5, 0.6) is 5.75 Å². The van der Waals surface area contributed by atoms with E-state index >= 15 is 0 Å². The highest BCUT2D eigenvalue weighted by atomic mass is 19.3. The second-order valence-electron chi connectivity index (χ2n) is 4.02. The molecule has 2 N–H and O–H groups in total. The van der Waals surface area contributed by atoms with E-state index in [1.807, 2.05) is 0 Å². The van der Waals surface area contributed by atoms with E-state index in [4.69, 9.17) is 5.11 Å². The summed E-state index contributed by atoms with van der Waals surface area (Å²) in [6.45, 7) is 2.35. The molecule has 0 atom stereocenters. The zero-order valence-corrected chi connectivity index (χ0v) is 9.00. The zero-order valence-electron chi connectivity index (χ0n) is 9.00. The molecule has 0 radical (unpaired) electrons. The fourth-order valence-corrected chi connectivity index (χ4v) is 0.936. The monoisotopic (exact) mass is 229 g/mol. The number of phenolic OH excluding ortho intramolecular Hbond substituents is 1. The molecule has 16 heavy (non-hydrogen) atoms. The molecule has 0 fully saturated rings. The fraction of sp³-hybridized carbons (Fsp3) is 0.364. The maximum Gasteiger partial charge on any atom is 0.252 e. The van der Waals surface area contributed by atoms with Crippen LogP contribution in [0.15, 0.2) is 24.3 Å². The van der Waals surface area contributed by atoms with E-state index in [0.29, 0.717) is 5.69 Å². The van der Waals surface area contributed by atoms with Gasteiger partial charge < -0.3 is 10.4 Å². The molecule has 0 saturated heterocycles. The van der Waals surface area contributed by atoms with Crippen molar-refractivity contribution in [3.63, 3.8) is 0 Å². The molecule has 0 heterocycles. The molecule has 1 aromatic carbocycles. The van der Waals surface area contributed by atoms with Crippen molar-refractivity contribution in [3.05, 3.63) is 24.3 Å². The predicted molar refractivity (Wildman–Crippen MR) is 56.5 cm³/mol. The van der Waals surface area contributed by atoms with E-state index in [2.05, 4.69) is 5.32 Å². The number of hydrogen-bond acceptors (Lipinski definition) is 2. The van der Waals surface area contributed by atoms with Crippen molar-refractivity contribution in [1.29, 1.82) is 0 Å². The number of carbonyl (C=O) groups is 1. The van der Waals surface area contributed by atoms with Gasteiger partial charge in [-0.15, -0.1) is 0 Å². The summed E-state index contributed by atoms with van der Waals surface area (Å²) in [7, 11) is 0. The molecule has 1 rings (SSSR count). The van der Waals surface area contributed by atoms with Gasteiger partial charge in [-0.25, -0.2) is 8.78 Å². The Kier molecular flexibility index (Phi) is 3.47. The average Bonchev–Trinajstić information content (AvgIpc) is 2.21. The highest BCUT2D eigenvalue weighted by molar-refractivity contribution is 5.95. The van der Waals surface area contributed by atoms with Gasteiger partial charge in [-0.05, 0) is 38.1 Å². The van der Waals surface area contributed by atoms with Crippen LogP contribution >= 0.6 is 0 Å². The number of carbonyl (C=O) groups excluding carboxylic acids is 1. The van der Waals surface area contributed by atoms with Gasteiger partial charge in [0.05, 0.1) is 0 Å². The first-order valence-corrected chi connectivity index (χ1v) is 4.72. The number of halogens is 2. The number of nitrogens with one attached hydrogen (secondary N) is 1. The first kappa shape index (κ1) is 12.4. The third-order valence-corrected chi connectivity index (χ3v) is 2.26. The summed E-state index contributed by atoms with van der Waals surface area (Å²) in [6.07, 6.45) is -2.73. The van der Waals surface area contributed by atoms with E-state index < -0.39 is 17.7 Å². The third-order valence-electron chi connectivity index (χ3n) is 2.26. The predicted octanol–water partition coefficient (Wildman–Crippen LogP) is 2.62. The lowest BCUT2D eigenvalue weighted by atomic mass is 9.93. The Morgan fingerprint density at radius 3 is 2.25 bits per heavy atom. The summed E-state index contributed by atoms with van der Waals surface area (Å²) in [5.41, 5.74) is -1.37. The lowest BCUT2D eigenvalue weighted by molar-refractivity contribution is -0.131. The van der Waals surface area contributed by atoms with Crippen LogP contribution in [0, 0.1) is 5.41 Å².